The minimum Gasteiger partial charge on any atom is -0.508 e. The van der Waals surface area contributed by atoms with Crippen LogP contribution in [-0.2, 0) is 4.79 Å². The van der Waals surface area contributed by atoms with Gasteiger partial charge in [-0.1, -0.05) is 6.42 Å². The Kier molecular flexibility index (Phi) is 4.24. The number of phenolic OH excluding ortho intramolecular Hbond substituents is 2. The van der Waals surface area contributed by atoms with Crippen LogP contribution >= 0.6 is 0 Å². The molecule has 6 heteroatoms. The van der Waals surface area contributed by atoms with Gasteiger partial charge in [-0.15, -0.1) is 0 Å². The van der Waals surface area contributed by atoms with Gasteiger partial charge in [0.1, 0.15) is 11.5 Å². The lowest BCUT2D eigenvalue weighted by molar-refractivity contribution is -0.124. The highest BCUT2D eigenvalue weighted by Gasteiger charge is 2.29. The Labute approximate surface area is 116 Å². The summed E-state index contributed by atoms with van der Waals surface area (Å²) in [7, 11) is 0. The number of nitrogens with zero attached hydrogens (tertiary/aromatic N) is 1. The Bertz CT molecular complexity index is 530. The van der Waals surface area contributed by atoms with E-state index in [0.717, 1.165) is 18.9 Å². The molecule has 1 unspecified atom stereocenters. The molecule has 1 atom stereocenters. The number of piperidine rings is 1. The highest BCUT2D eigenvalue weighted by atomic mass is 16.3. The van der Waals surface area contributed by atoms with Crippen molar-refractivity contribution in [3.05, 3.63) is 23.8 Å². The molecule has 1 heterocycles. The smallest absolute Gasteiger partial charge is 0.234 e. The number of carbonyl (C=O) groups excluding carboxylic acids is 2. The SMILES string of the molecule is NC(=O)C1CCCCN1CC(=O)c1ccc(O)cc1O. The lowest BCUT2D eigenvalue weighted by atomic mass is 10.00. The van der Waals surface area contributed by atoms with Gasteiger partial charge in [0.05, 0.1) is 18.2 Å². The first-order valence-corrected chi connectivity index (χ1v) is 6.57. The van der Waals surface area contributed by atoms with Crippen molar-refractivity contribution in [2.24, 2.45) is 5.73 Å². The average molecular weight is 278 g/mol. The van der Waals surface area contributed by atoms with Crippen molar-refractivity contribution in [3.63, 3.8) is 0 Å². The van der Waals surface area contributed by atoms with Crippen molar-refractivity contribution < 1.29 is 19.8 Å². The van der Waals surface area contributed by atoms with Gasteiger partial charge >= 0.3 is 0 Å². The average Bonchev–Trinajstić information content (AvgIpc) is 2.38. The molecule has 1 aliphatic heterocycles. The van der Waals surface area contributed by atoms with Gasteiger partial charge in [-0.3, -0.25) is 14.5 Å². The maximum Gasteiger partial charge on any atom is 0.234 e. The molecule has 0 saturated carbocycles. The third-order valence-electron chi connectivity index (χ3n) is 3.57. The van der Waals surface area contributed by atoms with Gasteiger partial charge in [-0.05, 0) is 31.5 Å². The van der Waals surface area contributed by atoms with Crippen molar-refractivity contribution in [1.29, 1.82) is 0 Å². The number of aromatic hydroxyl groups is 2. The minimum atomic E-state index is -0.424. The first-order chi connectivity index (χ1) is 9.49. The number of Topliss-reactive ketones (excluding diaryl/α,β-unsaturated/α-hetero) is 1. The van der Waals surface area contributed by atoms with Crippen LogP contribution in [0.1, 0.15) is 29.6 Å². The predicted octanol–water partition coefficient (Wildman–Crippen LogP) is 0.620. The highest BCUT2D eigenvalue weighted by molar-refractivity contribution is 6.00. The van der Waals surface area contributed by atoms with E-state index in [4.69, 9.17) is 5.73 Å². The molecule has 6 nitrogen and oxygen atoms in total. The molecule has 108 valence electrons. The lowest BCUT2D eigenvalue weighted by Gasteiger charge is -2.32. The Balaban J connectivity index is 2.11. The zero-order chi connectivity index (χ0) is 14.7. The number of hydrogen-bond donors (Lipinski definition) is 3. The lowest BCUT2D eigenvalue weighted by Crippen LogP contribution is -2.49. The fraction of sp³-hybridized carbons (Fsp3) is 0.429. The van der Waals surface area contributed by atoms with E-state index in [-0.39, 0.29) is 29.4 Å². The molecule has 1 saturated heterocycles. The summed E-state index contributed by atoms with van der Waals surface area (Å²) >= 11 is 0. The third kappa shape index (κ3) is 3.08. The summed E-state index contributed by atoms with van der Waals surface area (Å²) in [6, 6.07) is 3.41. The fourth-order valence-electron chi connectivity index (χ4n) is 2.53. The Morgan fingerprint density at radius 2 is 2.05 bits per heavy atom. The van der Waals surface area contributed by atoms with Crippen molar-refractivity contribution in [3.8, 4) is 11.5 Å². The van der Waals surface area contributed by atoms with E-state index in [9.17, 15) is 19.8 Å². The normalized spacial score (nSPS) is 19.7. The monoisotopic (exact) mass is 278 g/mol. The number of primary amides is 1. The van der Waals surface area contributed by atoms with Gasteiger partial charge in [-0.2, -0.15) is 0 Å². The number of amides is 1. The molecule has 1 aromatic rings. The van der Waals surface area contributed by atoms with Crippen molar-refractivity contribution in [2.45, 2.75) is 25.3 Å². The first-order valence-electron chi connectivity index (χ1n) is 6.57. The molecule has 2 rings (SSSR count). The summed E-state index contributed by atoms with van der Waals surface area (Å²) in [5.74, 6) is -1.09. The van der Waals surface area contributed by atoms with Crippen molar-refractivity contribution in [1.82, 2.24) is 4.90 Å². The second-order valence-corrected chi connectivity index (χ2v) is 5.01. The van der Waals surface area contributed by atoms with Crippen molar-refractivity contribution in [2.75, 3.05) is 13.1 Å². The second-order valence-electron chi connectivity index (χ2n) is 5.01. The molecule has 0 spiro atoms. The quantitative estimate of drug-likeness (QED) is 0.700. The zero-order valence-electron chi connectivity index (χ0n) is 11.1. The van der Waals surface area contributed by atoms with E-state index in [1.54, 1.807) is 4.90 Å². The number of benzene rings is 1. The maximum absolute atomic E-state index is 12.2. The van der Waals surface area contributed by atoms with Gasteiger partial charge in [0, 0.05) is 6.07 Å². The van der Waals surface area contributed by atoms with Crippen molar-refractivity contribution >= 4 is 11.7 Å². The Hall–Kier alpha value is -2.08. The molecular formula is C14H18N2O4. The van der Waals surface area contributed by atoms with E-state index >= 15 is 0 Å². The molecule has 0 radical (unpaired) electrons. The second kappa shape index (κ2) is 5.92. The molecule has 4 N–H and O–H groups in total. The molecule has 0 bridgehead atoms. The van der Waals surface area contributed by atoms with Gasteiger partial charge in [0.2, 0.25) is 5.91 Å². The van der Waals surface area contributed by atoms with Crippen LogP contribution in [0.15, 0.2) is 18.2 Å². The van der Waals surface area contributed by atoms with Gasteiger partial charge in [-0.25, -0.2) is 0 Å². The Morgan fingerprint density at radius 3 is 2.70 bits per heavy atom. The number of carbonyl (C=O) groups is 2. The molecule has 0 aromatic heterocycles. The minimum absolute atomic E-state index is 0.0337. The summed E-state index contributed by atoms with van der Waals surface area (Å²) < 4.78 is 0. The zero-order valence-corrected chi connectivity index (χ0v) is 11.1. The summed E-state index contributed by atoms with van der Waals surface area (Å²) in [4.78, 5) is 25.3. The standard InChI is InChI=1S/C14H18N2O4/c15-14(20)11-3-1-2-6-16(11)8-13(19)10-5-4-9(17)7-12(10)18/h4-5,7,11,17-18H,1-3,6,8H2,(H2,15,20). The van der Waals surface area contributed by atoms with Crippen LogP contribution < -0.4 is 5.73 Å². The number of nitrogens with two attached hydrogens (primary N) is 1. The molecular weight excluding hydrogens is 260 g/mol. The topological polar surface area (TPSA) is 104 Å². The largest absolute Gasteiger partial charge is 0.508 e. The van der Waals surface area contributed by atoms with Gasteiger partial charge in [0.15, 0.2) is 5.78 Å². The molecule has 1 amide bonds. The van der Waals surface area contributed by atoms with Crippen LogP contribution in [0.5, 0.6) is 11.5 Å². The van der Waals surface area contributed by atoms with Crippen LogP contribution in [0.4, 0.5) is 0 Å². The highest BCUT2D eigenvalue weighted by Crippen LogP contribution is 2.24. The number of rotatable bonds is 4. The first kappa shape index (κ1) is 14.3. The number of phenols is 2. The molecule has 1 aliphatic rings. The maximum atomic E-state index is 12.2. The fourth-order valence-corrected chi connectivity index (χ4v) is 2.53. The number of ketones is 1. The summed E-state index contributed by atoms with van der Waals surface area (Å²) in [6.07, 6.45) is 2.49. The summed E-state index contributed by atoms with van der Waals surface area (Å²) in [5.41, 5.74) is 5.48. The van der Waals surface area contributed by atoms with Crippen LogP contribution in [0.25, 0.3) is 0 Å². The molecule has 0 aliphatic carbocycles. The molecule has 1 fully saturated rings. The van der Waals surface area contributed by atoms with Crippen LogP contribution in [0.2, 0.25) is 0 Å². The molecule has 20 heavy (non-hydrogen) atoms. The van der Waals surface area contributed by atoms with E-state index in [1.807, 2.05) is 0 Å². The van der Waals surface area contributed by atoms with Crippen LogP contribution in [0, 0.1) is 0 Å². The molecule has 1 aromatic carbocycles. The predicted molar refractivity (Wildman–Crippen MR) is 72.5 cm³/mol. The van der Waals surface area contributed by atoms with Crippen LogP contribution in [0.3, 0.4) is 0 Å². The van der Waals surface area contributed by atoms with Gasteiger partial charge < -0.3 is 15.9 Å². The Morgan fingerprint density at radius 1 is 1.30 bits per heavy atom. The van der Waals surface area contributed by atoms with E-state index < -0.39 is 11.9 Å². The third-order valence-corrected chi connectivity index (χ3v) is 3.57. The van der Waals surface area contributed by atoms with Gasteiger partial charge in [0.25, 0.3) is 0 Å². The number of likely N-dealkylation sites (tertiary alicyclic amines) is 1. The van der Waals surface area contributed by atoms with E-state index in [1.165, 1.54) is 12.1 Å². The van der Waals surface area contributed by atoms with E-state index in [2.05, 4.69) is 0 Å². The summed E-state index contributed by atoms with van der Waals surface area (Å²) in [6.45, 7) is 0.671. The summed E-state index contributed by atoms with van der Waals surface area (Å²) in [5, 5.41) is 18.9. The van der Waals surface area contributed by atoms with Crippen LogP contribution in [-0.4, -0.2) is 45.9 Å². The van der Waals surface area contributed by atoms with E-state index in [0.29, 0.717) is 13.0 Å². The number of hydrogen-bond acceptors (Lipinski definition) is 5.